The van der Waals surface area contributed by atoms with Crippen molar-refractivity contribution in [1.82, 2.24) is 4.90 Å². The summed E-state index contributed by atoms with van der Waals surface area (Å²) in [6, 6.07) is 16.1. The van der Waals surface area contributed by atoms with Crippen molar-refractivity contribution in [3.8, 4) is 5.75 Å². The SMILES string of the molecule is CCCN1CCN(c2ccc(NC(=O)CCc3ccc(OC)cc3)cc2)CC1. The Morgan fingerprint density at radius 3 is 2.29 bits per heavy atom. The van der Waals surface area contributed by atoms with Crippen molar-refractivity contribution >= 4 is 17.3 Å². The predicted octanol–water partition coefficient (Wildman–Crippen LogP) is 3.80. The average molecular weight is 382 g/mol. The van der Waals surface area contributed by atoms with Crippen LogP contribution < -0.4 is 15.0 Å². The smallest absolute Gasteiger partial charge is 0.224 e. The summed E-state index contributed by atoms with van der Waals surface area (Å²) in [6.45, 7) is 7.79. The summed E-state index contributed by atoms with van der Waals surface area (Å²) < 4.78 is 5.16. The Morgan fingerprint density at radius 1 is 1.00 bits per heavy atom. The molecule has 3 rings (SSSR count). The number of nitrogens with zero attached hydrogens (tertiary/aromatic N) is 2. The molecule has 0 spiro atoms. The molecule has 1 aliphatic rings. The maximum absolute atomic E-state index is 12.2. The van der Waals surface area contributed by atoms with Crippen LogP contribution in [0.15, 0.2) is 48.5 Å². The molecule has 0 radical (unpaired) electrons. The molecule has 150 valence electrons. The van der Waals surface area contributed by atoms with Gasteiger partial charge in [-0.25, -0.2) is 0 Å². The zero-order valence-corrected chi connectivity index (χ0v) is 17.0. The van der Waals surface area contributed by atoms with E-state index >= 15 is 0 Å². The number of hydrogen-bond donors (Lipinski definition) is 1. The number of piperazine rings is 1. The van der Waals surface area contributed by atoms with Gasteiger partial charge in [0.2, 0.25) is 5.91 Å². The van der Waals surface area contributed by atoms with Crippen LogP contribution in [0.1, 0.15) is 25.3 Å². The Labute approximate surface area is 168 Å². The molecule has 2 aromatic carbocycles. The van der Waals surface area contributed by atoms with Gasteiger partial charge >= 0.3 is 0 Å². The summed E-state index contributed by atoms with van der Waals surface area (Å²) >= 11 is 0. The second-order valence-corrected chi connectivity index (χ2v) is 7.27. The van der Waals surface area contributed by atoms with Gasteiger partial charge in [0.15, 0.2) is 0 Å². The van der Waals surface area contributed by atoms with Crippen molar-refractivity contribution in [2.45, 2.75) is 26.2 Å². The molecule has 2 aromatic rings. The highest BCUT2D eigenvalue weighted by molar-refractivity contribution is 5.91. The van der Waals surface area contributed by atoms with Crippen LogP contribution >= 0.6 is 0 Å². The highest BCUT2D eigenvalue weighted by Gasteiger charge is 2.16. The van der Waals surface area contributed by atoms with Gasteiger partial charge in [0.1, 0.15) is 5.75 Å². The third-order valence-electron chi connectivity index (χ3n) is 5.23. The molecule has 1 amide bonds. The van der Waals surface area contributed by atoms with Crippen molar-refractivity contribution in [3.05, 3.63) is 54.1 Å². The number of hydrogen-bond acceptors (Lipinski definition) is 4. The topological polar surface area (TPSA) is 44.8 Å². The first-order valence-corrected chi connectivity index (χ1v) is 10.2. The van der Waals surface area contributed by atoms with Crippen LogP contribution in [0, 0.1) is 0 Å². The van der Waals surface area contributed by atoms with Crippen molar-refractivity contribution < 1.29 is 9.53 Å². The molecule has 0 unspecified atom stereocenters. The summed E-state index contributed by atoms with van der Waals surface area (Å²) in [4.78, 5) is 17.2. The van der Waals surface area contributed by atoms with Crippen LogP contribution in [-0.4, -0.2) is 50.6 Å². The van der Waals surface area contributed by atoms with Gasteiger partial charge in [-0.15, -0.1) is 0 Å². The highest BCUT2D eigenvalue weighted by Crippen LogP contribution is 2.20. The quantitative estimate of drug-likeness (QED) is 0.755. The minimum atomic E-state index is 0.0387. The number of carbonyl (C=O) groups excluding carboxylic acids is 1. The fourth-order valence-electron chi connectivity index (χ4n) is 3.58. The third kappa shape index (κ3) is 5.73. The molecule has 0 aliphatic carbocycles. The van der Waals surface area contributed by atoms with Gasteiger partial charge in [0, 0.05) is 44.0 Å². The number of rotatable bonds is 8. The molecule has 5 nitrogen and oxygen atoms in total. The minimum absolute atomic E-state index is 0.0387. The van der Waals surface area contributed by atoms with Crippen LogP contribution in [0.5, 0.6) is 5.75 Å². The van der Waals surface area contributed by atoms with Crippen LogP contribution in [0.3, 0.4) is 0 Å². The Kier molecular flexibility index (Phi) is 7.31. The first-order valence-electron chi connectivity index (χ1n) is 10.2. The maximum atomic E-state index is 12.2. The van der Waals surface area contributed by atoms with Gasteiger partial charge < -0.3 is 15.0 Å². The first-order chi connectivity index (χ1) is 13.7. The Bertz CT molecular complexity index is 735. The van der Waals surface area contributed by atoms with Gasteiger partial charge in [-0.05, 0) is 61.3 Å². The molecule has 1 aliphatic heterocycles. The summed E-state index contributed by atoms with van der Waals surface area (Å²) in [5.74, 6) is 0.872. The van der Waals surface area contributed by atoms with Crippen molar-refractivity contribution in [3.63, 3.8) is 0 Å². The van der Waals surface area contributed by atoms with Crippen LogP contribution in [-0.2, 0) is 11.2 Å². The number of amides is 1. The zero-order valence-electron chi connectivity index (χ0n) is 17.0. The fourth-order valence-corrected chi connectivity index (χ4v) is 3.58. The van der Waals surface area contributed by atoms with E-state index in [4.69, 9.17) is 4.74 Å². The lowest BCUT2D eigenvalue weighted by Crippen LogP contribution is -2.46. The number of ether oxygens (including phenoxy) is 1. The molecule has 28 heavy (non-hydrogen) atoms. The van der Waals surface area contributed by atoms with Crippen molar-refractivity contribution in [2.75, 3.05) is 50.1 Å². The predicted molar refractivity (Wildman–Crippen MR) is 115 cm³/mol. The summed E-state index contributed by atoms with van der Waals surface area (Å²) in [7, 11) is 1.65. The fraction of sp³-hybridized carbons (Fsp3) is 0.435. The molecule has 1 saturated heterocycles. The van der Waals surface area contributed by atoms with E-state index in [-0.39, 0.29) is 5.91 Å². The standard InChI is InChI=1S/C23H31N3O2/c1-3-14-25-15-17-26(18-16-25)21-9-7-20(8-10-21)24-23(27)13-6-19-4-11-22(28-2)12-5-19/h4-5,7-12H,3,6,13-18H2,1-2H3,(H,24,27). The minimum Gasteiger partial charge on any atom is -0.497 e. The van der Waals surface area contributed by atoms with E-state index < -0.39 is 0 Å². The van der Waals surface area contributed by atoms with E-state index in [0.29, 0.717) is 6.42 Å². The molecule has 1 N–H and O–H groups in total. The van der Waals surface area contributed by atoms with E-state index in [0.717, 1.165) is 49.6 Å². The number of methoxy groups -OCH3 is 1. The normalized spacial score (nSPS) is 14.7. The lowest BCUT2D eigenvalue weighted by Gasteiger charge is -2.36. The van der Waals surface area contributed by atoms with E-state index in [1.807, 2.05) is 36.4 Å². The highest BCUT2D eigenvalue weighted by atomic mass is 16.5. The van der Waals surface area contributed by atoms with Gasteiger partial charge in [0.05, 0.1) is 7.11 Å². The Hall–Kier alpha value is -2.53. The van der Waals surface area contributed by atoms with Crippen molar-refractivity contribution in [1.29, 1.82) is 0 Å². The number of aryl methyl sites for hydroxylation is 1. The van der Waals surface area contributed by atoms with Crippen molar-refractivity contribution in [2.24, 2.45) is 0 Å². The van der Waals surface area contributed by atoms with Crippen LogP contribution in [0.2, 0.25) is 0 Å². The number of benzene rings is 2. The first kappa shape index (κ1) is 20.2. The van der Waals surface area contributed by atoms with E-state index in [9.17, 15) is 4.79 Å². The molecular weight excluding hydrogens is 350 g/mol. The molecule has 0 bridgehead atoms. The monoisotopic (exact) mass is 381 g/mol. The summed E-state index contributed by atoms with van der Waals surface area (Å²) in [6.07, 6.45) is 2.40. The molecule has 1 heterocycles. The Morgan fingerprint density at radius 2 is 1.68 bits per heavy atom. The lowest BCUT2D eigenvalue weighted by atomic mass is 10.1. The van der Waals surface area contributed by atoms with E-state index in [1.54, 1.807) is 7.11 Å². The molecule has 1 fully saturated rings. The van der Waals surface area contributed by atoms with E-state index in [1.165, 1.54) is 18.7 Å². The zero-order chi connectivity index (χ0) is 19.8. The molecule has 0 atom stereocenters. The van der Waals surface area contributed by atoms with Gasteiger partial charge in [-0.2, -0.15) is 0 Å². The van der Waals surface area contributed by atoms with Gasteiger partial charge in [-0.3, -0.25) is 9.69 Å². The van der Waals surface area contributed by atoms with Crippen LogP contribution in [0.25, 0.3) is 0 Å². The second kappa shape index (κ2) is 10.1. The average Bonchev–Trinajstić information content (AvgIpc) is 2.74. The molecule has 0 saturated carbocycles. The number of carbonyl (C=O) groups is 1. The van der Waals surface area contributed by atoms with Gasteiger partial charge in [0.25, 0.3) is 0 Å². The molecule has 5 heteroatoms. The Balaban J connectivity index is 1.45. The lowest BCUT2D eigenvalue weighted by molar-refractivity contribution is -0.116. The summed E-state index contributed by atoms with van der Waals surface area (Å²) in [5.41, 5.74) is 3.22. The van der Waals surface area contributed by atoms with Gasteiger partial charge in [-0.1, -0.05) is 19.1 Å². The van der Waals surface area contributed by atoms with Crippen LogP contribution in [0.4, 0.5) is 11.4 Å². The number of nitrogens with one attached hydrogen (secondary N) is 1. The van der Waals surface area contributed by atoms with E-state index in [2.05, 4.69) is 34.2 Å². The molecular formula is C23H31N3O2. The second-order valence-electron chi connectivity index (χ2n) is 7.27. The largest absolute Gasteiger partial charge is 0.497 e. The maximum Gasteiger partial charge on any atom is 0.224 e. The number of anilines is 2. The molecule has 0 aromatic heterocycles. The summed E-state index contributed by atoms with van der Waals surface area (Å²) in [5, 5.41) is 3.00. The third-order valence-corrected chi connectivity index (χ3v) is 5.23.